The van der Waals surface area contributed by atoms with Gasteiger partial charge in [-0.1, -0.05) is 40.0 Å². The smallest absolute Gasteiger partial charge is 0.274 e. The highest BCUT2D eigenvalue weighted by molar-refractivity contribution is 5.24. The SMILES string of the molecule is CC(C)(C)c1nnc(NC2CCCCC2)[nH]c1=O. The Morgan fingerprint density at radius 1 is 1.17 bits per heavy atom. The minimum Gasteiger partial charge on any atom is -0.352 e. The van der Waals surface area contributed by atoms with Crippen LogP contribution in [0.1, 0.15) is 58.6 Å². The Labute approximate surface area is 107 Å². The molecule has 0 atom stereocenters. The van der Waals surface area contributed by atoms with E-state index in [4.69, 9.17) is 0 Å². The first kappa shape index (κ1) is 13.1. The fourth-order valence-corrected chi connectivity index (χ4v) is 2.33. The summed E-state index contributed by atoms with van der Waals surface area (Å²) in [5, 5.41) is 11.4. The van der Waals surface area contributed by atoms with Crippen molar-refractivity contribution < 1.29 is 0 Å². The van der Waals surface area contributed by atoms with Gasteiger partial charge in [0.05, 0.1) is 0 Å². The van der Waals surface area contributed by atoms with Crippen LogP contribution in [-0.4, -0.2) is 21.2 Å². The average molecular weight is 250 g/mol. The Morgan fingerprint density at radius 3 is 2.39 bits per heavy atom. The third-order valence-corrected chi connectivity index (χ3v) is 3.35. The van der Waals surface area contributed by atoms with Crippen molar-refractivity contribution in [3.8, 4) is 0 Å². The number of H-pyrrole nitrogens is 1. The molecule has 5 heteroatoms. The molecule has 1 aliphatic rings. The van der Waals surface area contributed by atoms with E-state index in [1.165, 1.54) is 19.3 Å². The van der Waals surface area contributed by atoms with Crippen LogP contribution < -0.4 is 10.9 Å². The minimum absolute atomic E-state index is 0.143. The van der Waals surface area contributed by atoms with E-state index in [1.807, 2.05) is 20.8 Å². The molecule has 0 radical (unpaired) electrons. The van der Waals surface area contributed by atoms with Crippen LogP contribution in [0.15, 0.2) is 4.79 Å². The number of hydrogen-bond acceptors (Lipinski definition) is 4. The van der Waals surface area contributed by atoms with Crippen LogP contribution >= 0.6 is 0 Å². The molecule has 1 heterocycles. The summed E-state index contributed by atoms with van der Waals surface area (Å²) in [4.78, 5) is 14.7. The molecule has 0 unspecified atom stereocenters. The lowest BCUT2D eigenvalue weighted by Crippen LogP contribution is -2.30. The van der Waals surface area contributed by atoms with Crippen molar-refractivity contribution in [2.24, 2.45) is 0 Å². The van der Waals surface area contributed by atoms with Gasteiger partial charge in [0, 0.05) is 11.5 Å². The molecular weight excluding hydrogens is 228 g/mol. The first-order valence-electron chi connectivity index (χ1n) is 6.71. The summed E-state index contributed by atoms with van der Waals surface area (Å²) in [6.45, 7) is 5.88. The highest BCUT2D eigenvalue weighted by Gasteiger charge is 2.21. The van der Waals surface area contributed by atoms with Crippen molar-refractivity contribution in [1.29, 1.82) is 0 Å². The number of nitrogens with one attached hydrogen (secondary N) is 2. The number of nitrogens with zero attached hydrogens (tertiary/aromatic N) is 2. The van der Waals surface area contributed by atoms with Gasteiger partial charge in [0.2, 0.25) is 5.95 Å². The van der Waals surface area contributed by atoms with Crippen LogP contribution in [0.3, 0.4) is 0 Å². The Bertz CT molecular complexity index is 455. The molecule has 1 aromatic rings. The molecule has 0 aliphatic heterocycles. The molecule has 18 heavy (non-hydrogen) atoms. The predicted octanol–water partition coefficient (Wildman–Crippen LogP) is 2.21. The Hall–Kier alpha value is -1.39. The molecule has 5 nitrogen and oxygen atoms in total. The van der Waals surface area contributed by atoms with Crippen LogP contribution in [0.25, 0.3) is 0 Å². The molecule has 0 saturated heterocycles. The zero-order chi connectivity index (χ0) is 13.2. The molecule has 1 saturated carbocycles. The number of aromatic nitrogens is 3. The molecule has 0 aromatic carbocycles. The molecule has 0 amide bonds. The van der Waals surface area contributed by atoms with Gasteiger partial charge in [-0.05, 0) is 12.8 Å². The molecular formula is C13H22N4O. The van der Waals surface area contributed by atoms with Crippen molar-refractivity contribution in [3.63, 3.8) is 0 Å². The largest absolute Gasteiger partial charge is 0.352 e. The van der Waals surface area contributed by atoms with Crippen LogP contribution in [0.4, 0.5) is 5.95 Å². The van der Waals surface area contributed by atoms with Crippen LogP contribution in [0.5, 0.6) is 0 Å². The number of anilines is 1. The van der Waals surface area contributed by atoms with Crippen LogP contribution in [0.2, 0.25) is 0 Å². The van der Waals surface area contributed by atoms with Crippen molar-refractivity contribution in [2.75, 3.05) is 5.32 Å². The van der Waals surface area contributed by atoms with Gasteiger partial charge < -0.3 is 5.32 Å². The first-order valence-corrected chi connectivity index (χ1v) is 6.71. The lowest BCUT2D eigenvalue weighted by atomic mass is 9.93. The third kappa shape index (κ3) is 3.09. The van der Waals surface area contributed by atoms with Crippen LogP contribution in [0, 0.1) is 0 Å². The zero-order valence-electron chi connectivity index (χ0n) is 11.4. The maximum atomic E-state index is 11.9. The van der Waals surface area contributed by atoms with Gasteiger partial charge in [0.1, 0.15) is 5.69 Å². The van der Waals surface area contributed by atoms with E-state index in [0.29, 0.717) is 17.7 Å². The van der Waals surface area contributed by atoms with Gasteiger partial charge >= 0.3 is 0 Å². The predicted molar refractivity (Wildman–Crippen MR) is 71.8 cm³/mol. The Kier molecular flexibility index (Phi) is 3.68. The summed E-state index contributed by atoms with van der Waals surface area (Å²) in [7, 11) is 0. The fraction of sp³-hybridized carbons (Fsp3) is 0.769. The monoisotopic (exact) mass is 250 g/mol. The van der Waals surface area contributed by atoms with Gasteiger partial charge in [-0.3, -0.25) is 9.78 Å². The Morgan fingerprint density at radius 2 is 1.83 bits per heavy atom. The fourth-order valence-electron chi connectivity index (χ4n) is 2.33. The second kappa shape index (κ2) is 5.08. The summed E-state index contributed by atoms with van der Waals surface area (Å²) < 4.78 is 0. The molecule has 2 N–H and O–H groups in total. The van der Waals surface area contributed by atoms with Crippen molar-refractivity contribution in [3.05, 3.63) is 16.0 Å². The second-order valence-corrected chi connectivity index (χ2v) is 6.08. The van der Waals surface area contributed by atoms with E-state index in [2.05, 4.69) is 20.5 Å². The average Bonchev–Trinajstić information content (AvgIpc) is 2.28. The summed E-state index contributed by atoms with van der Waals surface area (Å²) in [5.74, 6) is 0.500. The van der Waals surface area contributed by atoms with E-state index in [-0.39, 0.29) is 11.0 Å². The summed E-state index contributed by atoms with van der Waals surface area (Å²) in [5.41, 5.74) is 0.0664. The third-order valence-electron chi connectivity index (χ3n) is 3.35. The van der Waals surface area contributed by atoms with Gasteiger partial charge in [0.25, 0.3) is 5.56 Å². The lowest BCUT2D eigenvalue weighted by molar-refractivity contribution is 0.459. The van der Waals surface area contributed by atoms with Gasteiger partial charge in [-0.25, -0.2) is 0 Å². The summed E-state index contributed by atoms with van der Waals surface area (Å²) >= 11 is 0. The number of aromatic amines is 1. The topological polar surface area (TPSA) is 70.7 Å². The molecule has 1 fully saturated rings. The minimum atomic E-state index is -0.274. The second-order valence-electron chi connectivity index (χ2n) is 6.08. The highest BCUT2D eigenvalue weighted by atomic mass is 16.1. The Balaban J connectivity index is 2.11. The normalized spacial score (nSPS) is 17.7. The maximum absolute atomic E-state index is 11.9. The molecule has 1 aromatic heterocycles. The van der Waals surface area contributed by atoms with Crippen LogP contribution in [-0.2, 0) is 5.41 Å². The standard InChI is InChI=1S/C13H22N4O/c1-13(2,3)10-11(18)15-12(17-16-10)14-9-7-5-4-6-8-9/h9H,4-8H2,1-3H3,(H2,14,15,17,18). The summed E-state index contributed by atoms with van der Waals surface area (Å²) in [6.07, 6.45) is 6.09. The van der Waals surface area contributed by atoms with Gasteiger partial charge in [-0.15, -0.1) is 10.2 Å². The van der Waals surface area contributed by atoms with Crippen molar-refractivity contribution >= 4 is 5.95 Å². The van der Waals surface area contributed by atoms with Gasteiger partial charge in [-0.2, -0.15) is 0 Å². The molecule has 100 valence electrons. The van der Waals surface area contributed by atoms with E-state index < -0.39 is 0 Å². The van der Waals surface area contributed by atoms with E-state index in [1.54, 1.807) is 0 Å². The number of rotatable bonds is 2. The molecule has 2 rings (SSSR count). The van der Waals surface area contributed by atoms with E-state index in [9.17, 15) is 4.79 Å². The molecule has 0 spiro atoms. The molecule has 1 aliphatic carbocycles. The highest BCUT2D eigenvalue weighted by Crippen LogP contribution is 2.20. The maximum Gasteiger partial charge on any atom is 0.274 e. The van der Waals surface area contributed by atoms with E-state index in [0.717, 1.165) is 12.8 Å². The summed E-state index contributed by atoms with van der Waals surface area (Å²) in [6, 6.07) is 0.421. The lowest BCUT2D eigenvalue weighted by Gasteiger charge is -2.23. The van der Waals surface area contributed by atoms with E-state index >= 15 is 0 Å². The van der Waals surface area contributed by atoms with Gasteiger partial charge in [0.15, 0.2) is 0 Å². The zero-order valence-corrected chi connectivity index (χ0v) is 11.4. The quantitative estimate of drug-likeness (QED) is 0.844. The first-order chi connectivity index (χ1) is 8.47. The number of hydrogen-bond donors (Lipinski definition) is 2. The van der Waals surface area contributed by atoms with Crippen molar-refractivity contribution in [2.45, 2.75) is 64.3 Å². The molecule has 0 bridgehead atoms. The van der Waals surface area contributed by atoms with Crippen molar-refractivity contribution in [1.82, 2.24) is 15.2 Å².